The number of fused-ring (bicyclic) bond motifs is 3. The molecule has 0 unspecified atom stereocenters. The van der Waals surface area contributed by atoms with Gasteiger partial charge in [0.1, 0.15) is 11.2 Å². The van der Waals surface area contributed by atoms with Crippen LogP contribution in [-0.4, -0.2) is 37.5 Å². The lowest BCUT2D eigenvalue weighted by Gasteiger charge is -2.27. The molecular formula is C25H25N3O4S. The average Bonchev–Trinajstić information content (AvgIpc) is 3.17. The first kappa shape index (κ1) is 21.5. The molecule has 2 N–H and O–H groups in total. The fraction of sp³-hybridized carbons (Fsp3) is 0.280. The molecule has 5 rings (SSSR count). The highest BCUT2D eigenvalue weighted by molar-refractivity contribution is 7.16. The van der Waals surface area contributed by atoms with Crippen molar-refractivity contribution in [2.45, 2.75) is 26.1 Å². The predicted octanol–water partition coefficient (Wildman–Crippen LogP) is 4.13. The van der Waals surface area contributed by atoms with Crippen molar-refractivity contribution in [3.63, 3.8) is 0 Å². The number of carbonyl (C=O) groups is 2. The summed E-state index contributed by atoms with van der Waals surface area (Å²) in [5.41, 5.74) is 4.27. The van der Waals surface area contributed by atoms with Gasteiger partial charge in [-0.25, -0.2) is 4.79 Å². The number of esters is 1. The highest BCUT2D eigenvalue weighted by Gasteiger charge is 2.33. The van der Waals surface area contributed by atoms with Crippen LogP contribution in [0.5, 0.6) is 11.5 Å². The van der Waals surface area contributed by atoms with Crippen LogP contribution in [0.3, 0.4) is 0 Å². The van der Waals surface area contributed by atoms with Crippen molar-refractivity contribution in [2.24, 2.45) is 0 Å². The maximum Gasteiger partial charge on any atom is 0.343 e. The molecule has 1 amide bonds. The molecule has 2 aliphatic heterocycles. The van der Waals surface area contributed by atoms with Crippen molar-refractivity contribution in [1.82, 2.24) is 10.2 Å². The monoisotopic (exact) mass is 463 g/mol. The number of aryl methyl sites for hydroxylation is 1. The summed E-state index contributed by atoms with van der Waals surface area (Å²) in [6.45, 7) is 3.77. The van der Waals surface area contributed by atoms with Crippen LogP contribution in [0.25, 0.3) is 0 Å². The molecule has 0 fully saturated rings. The number of rotatable bonds is 4. The number of nitrogens with one attached hydrogen (secondary N) is 2. The molecule has 8 heteroatoms. The highest BCUT2D eigenvalue weighted by atomic mass is 32.1. The molecule has 0 bridgehead atoms. The van der Waals surface area contributed by atoms with Crippen LogP contribution in [0.4, 0.5) is 5.00 Å². The predicted molar refractivity (Wildman–Crippen MR) is 127 cm³/mol. The third-order valence-corrected chi connectivity index (χ3v) is 7.18. The van der Waals surface area contributed by atoms with Crippen LogP contribution in [-0.2, 0) is 13.0 Å². The minimum atomic E-state index is -0.455. The molecule has 1 aromatic heterocycles. The average molecular weight is 464 g/mol. The van der Waals surface area contributed by atoms with Crippen LogP contribution in [0.15, 0.2) is 42.5 Å². The Morgan fingerprint density at radius 2 is 1.91 bits per heavy atom. The molecule has 0 spiro atoms. The van der Waals surface area contributed by atoms with E-state index >= 15 is 0 Å². The molecule has 0 saturated heterocycles. The molecule has 33 heavy (non-hydrogen) atoms. The van der Waals surface area contributed by atoms with E-state index in [1.54, 1.807) is 35.6 Å². The number of amides is 1. The van der Waals surface area contributed by atoms with Crippen molar-refractivity contribution in [3.05, 3.63) is 75.2 Å². The van der Waals surface area contributed by atoms with E-state index in [4.69, 9.17) is 9.47 Å². The third kappa shape index (κ3) is 4.07. The lowest BCUT2D eigenvalue weighted by Crippen LogP contribution is -2.38. The smallest absolute Gasteiger partial charge is 0.343 e. The first-order valence-corrected chi connectivity index (χ1v) is 11.6. The molecule has 3 aromatic rings. The van der Waals surface area contributed by atoms with Gasteiger partial charge in [-0.3, -0.25) is 4.79 Å². The summed E-state index contributed by atoms with van der Waals surface area (Å²) in [5.74, 6) is 0.222. The van der Waals surface area contributed by atoms with Crippen molar-refractivity contribution >= 4 is 28.2 Å². The largest absolute Gasteiger partial charge is 0.493 e. The number of hydrogen-bond donors (Lipinski definition) is 2. The molecular weight excluding hydrogens is 438 g/mol. The molecule has 170 valence electrons. The van der Waals surface area contributed by atoms with Crippen molar-refractivity contribution in [3.8, 4) is 11.5 Å². The Bertz CT molecular complexity index is 1240. The first-order chi connectivity index (χ1) is 15.9. The Balaban J connectivity index is 1.38. The summed E-state index contributed by atoms with van der Waals surface area (Å²) < 4.78 is 11.1. The summed E-state index contributed by atoms with van der Waals surface area (Å²) in [6.07, 6.45) is 0.477. The Kier molecular flexibility index (Phi) is 5.55. The van der Waals surface area contributed by atoms with Gasteiger partial charge in [-0.2, -0.15) is 0 Å². The van der Waals surface area contributed by atoms with Gasteiger partial charge in [-0.05, 0) is 55.8 Å². The van der Waals surface area contributed by atoms with Gasteiger partial charge in [-0.1, -0.05) is 23.8 Å². The van der Waals surface area contributed by atoms with E-state index in [1.165, 1.54) is 12.0 Å². The summed E-state index contributed by atoms with van der Waals surface area (Å²) in [4.78, 5) is 29.0. The Labute approximate surface area is 196 Å². The lowest BCUT2D eigenvalue weighted by molar-refractivity contribution is 0.0729. The Morgan fingerprint density at radius 3 is 2.67 bits per heavy atom. The second kappa shape index (κ2) is 8.53. The van der Waals surface area contributed by atoms with E-state index in [0.29, 0.717) is 17.1 Å². The van der Waals surface area contributed by atoms with Crippen molar-refractivity contribution in [2.75, 3.05) is 26.0 Å². The summed E-state index contributed by atoms with van der Waals surface area (Å²) in [7, 11) is 3.62. The maximum absolute atomic E-state index is 13.0. The number of likely N-dealkylation sites (N-methyl/N-ethyl adjacent to an activating group) is 1. The number of nitrogens with zero attached hydrogens (tertiary/aromatic N) is 1. The normalized spacial score (nSPS) is 17.4. The maximum atomic E-state index is 13.0. The molecule has 3 heterocycles. The summed E-state index contributed by atoms with van der Waals surface area (Å²) in [5, 5.41) is 7.42. The number of methoxy groups -OCH3 is 1. The van der Waals surface area contributed by atoms with Crippen LogP contribution in [0.2, 0.25) is 0 Å². The molecule has 2 aromatic carbocycles. The third-order valence-electron chi connectivity index (χ3n) is 6.04. The zero-order valence-electron chi connectivity index (χ0n) is 18.7. The van der Waals surface area contributed by atoms with Gasteiger partial charge in [0.25, 0.3) is 5.91 Å². The van der Waals surface area contributed by atoms with E-state index in [9.17, 15) is 9.59 Å². The second-order valence-corrected chi connectivity index (χ2v) is 9.52. The van der Waals surface area contributed by atoms with E-state index in [0.717, 1.165) is 46.8 Å². The topological polar surface area (TPSA) is 79.9 Å². The summed E-state index contributed by atoms with van der Waals surface area (Å²) >= 11 is 1.65. The minimum Gasteiger partial charge on any atom is -0.493 e. The van der Waals surface area contributed by atoms with Gasteiger partial charge in [0.15, 0.2) is 11.5 Å². The van der Waals surface area contributed by atoms with Gasteiger partial charge in [0.05, 0.1) is 18.2 Å². The number of hydrogen-bond acceptors (Lipinski definition) is 7. The van der Waals surface area contributed by atoms with Crippen LogP contribution in [0.1, 0.15) is 48.4 Å². The zero-order valence-corrected chi connectivity index (χ0v) is 19.5. The number of benzene rings is 2. The molecule has 0 radical (unpaired) electrons. The van der Waals surface area contributed by atoms with E-state index < -0.39 is 12.1 Å². The van der Waals surface area contributed by atoms with E-state index in [1.807, 2.05) is 25.1 Å². The van der Waals surface area contributed by atoms with Crippen LogP contribution >= 0.6 is 11.3 Å². The van der Waals surface area contributed by atoms with Crippen LogP contribution in [0, 0.1) is 6.92 Å². The van der Waals surface area contributed by atoms with E-state index in [2.05, 4.69) is 22.6 Å². The Hall–Kier alpha value is -3.36. The van der Waals surface area contributed by atoms with Gasteiger partial charge >= 0.3 is 5.97 Å². The molecule has 7 nitrogen and oxygen atoms in total. The fourth-order valence-electron chi connectivity index (χ4n) is 4.21. The van der Waals surface area contributed by atoms with Crippen LogP contribution < -0.4 is 20.1 Å². The fourth-order valence-corrected chi connectivity index (χ4v) is 5.56. The second-order valence-electron chi connectivity index (χ2n) is 8.41. The molecule has 2 aliphatic rings. The number of ether oxygens (including phenoxy) is 2. The number of thiophene rings is 1. The van der Waals surface area contributed by atoms with Gasteiger partial charge in [0, 0.05) is 18.0 Å². The van der Waals surface area contributed by atoms with Crippen molar-refractivity contribution < 1.29 is 19.1 Å². The quantitative estimate of drug-likeness (QED) is 0.448. The highest BCUT2D eigenvalue weighted by Crippen LogP contribution is 2.41. The zero-order chi connectivity index (χ0) is 23.1. The summed E-state index contributed by atoms with van der Waals surface area (Å²) in [6, 6.07) is 12.5. The number of carbonyl (C=O) groups excluding carboxylic acids is 2. The standard InChI is InChI=1S/C25H25N3O4S/c1-14-4-6-15(7-5-14)25(30)32-18-9-8-16(12-19(18)31-3)22-26-23(29)21-17-10-11-28(2)13-20(17)33-24(21)27-22/h4-9,12,22,27H,10-11,13H2,1-3H3,(H,26,29)/t22-/m0/s1. The molecule has 0 aliphatic carbocycles. The van der Waals surface area contributed by atoms with Gasteiger partial charge in [-0.15, -0.1) is 11.3 Å². The molecule has 1 atom stereocenters. The van der Waals surface area contributed by atoms with Gasteiger partial charge in [0.2, 0.25) is 0 Å². The Morgan fingerprint density at radius 1 is 1.12 bits per heavy atom. The minimum absolute atomic E-state index is 0.0651. The molecule has 0 saturated carbocycles. The van der Waals surface area contributed by atoms with Crippen molar-refractivity contribution in [1.29, 1.82) is 0 Å². The lowest BCUT2D eigenvalue weighted by atomic mass is 10.0. The first-order valence-electron chi connectivity index (χ1n) is 10.8. The SMILES string of the molecule is COc1cc([C@H]2NC(=O)c3c(sc4c3CCN(C)C4)N2)ccc1OC(=O)c1ccc(C)cc1. The van der Waals surface area contributed by atoms with Gasteiger partial charge < -0.3 is 25.0 Å². The van der Waals surface area contributed by atoms with E-state index in [-0.39, 0.29) is 5.91 Å². The number of anilines is 1.